The van der Waals surface area contributed by atoms with E-state index in [4.69, 9.17) is 9.15 Å². The molecule has 1 aromatic heterocycles. The van der Waals surface area contributed by atoms with E-state index in [1.165, 1.54) is 98.7 Å². The first-order valence-corrected chi connectivity index (χ1v) is 22.9. The largest absolute Gasteiger partial charge is 0.481 e. The second-order valence-electron chi connectivity index (χ2n) is 17.9. The average molecular weight is 841 g/mol. The molecule has 0 saturated heterocycles. The first kappa shape index (κ1) is 37.0. The molecule has 0 spiro atoms. The Balaban J connectivity index is 0.920. The minimum atomic E-state index is -0.190. The lowest BCUT2D eigenvalue weighted by molar-refractivity contribution is 0.193. The zero-order chi connectivity index (χ0) is 43.3. The molecule has 1 aliphatic carbocycles. The summed E-state index contributed by atoms with van der Waals surface area (Å²) in [5.41, 5.74) is 15.2. The molecule has 2 aliphatic rings. The van der Waals surface area contributed by atoms with Gasteiger partial charge in [0, 0.05) is 16.5 Å². The van der Waals surface area contributed by atoms with Crippen LogP contribution in [-0.4, -0.2) is 0 Å². The monoisotopic (exact) mass is 840 g/mol. The third kappa shape index (κ3) is 5.82. The van der Waals surface area contributed by atoms with Crippen molar-refractivity contribution in [3.63, 3.8) is 0 Å². The predicted molar refractivity (Wildman–Crippen MR) is 275 cm³/mol. The van der Waals surface area contributed by atoms with Crippen molar-refractivity contribution in [2.75, 3.05) is 0 Å². The molecule has 1 aliphatic heterocycles. The van der Waals surface area contributed by atoms with Crippen LogP contribution < -0.4 is 4.74 Å². The summed E-state index contributed by atoms with van der Waals surface area (Å²) in [4.78, 5) is 0. The van der Waals surface area contributed by atoms with Gasteiger partial charge < -0.3 is 9.15 Å². The number of ether oxygens (including phenoxy) is 1. The fourth-order valence-corrected chi connectivity index (χ4v) is 10.9. The van der Waals surface area contributed by atoms with Gasteiger partial charge in [-0.3, -0.25) is 0 Å². The van der Waals surface area contributed by atoms with Crippen molar-refractivity contribution in [3.8, 4) is 61.4 Å². The molecule has 0 bridgehead atoms. The molecule has 66 heavy (non-hydrogen) atoms. The maximum atomic E-state index is 6.69. The zero-order valence-corrected chi connectivity index (χ0v) is 35.9. The number of fused-ring (bicyclic) bond motifs is 11. The highest BCUT2D eigenvalue weighted by Gasteiger charge is 2.40. The number of hydrogen-bond donors (Lipinski definition) is 0. The van der Waals surface area contributed by atoms with Crippen molar-refractivity contribution in [2.45, 2.75) is 12.0 Å². The Morgan fingerprint density at radius 2 is 0.803 bits per heavy atom. The first-order valence-electron chi connectivity index (χ1n) is 22.9. The summed E-state index contributed by atoms with van der Waals surface area (Å²) in [6, 6.07) is 80.0. The van der Waals surface area contributed by atoms with Crippen LogP contribution >= 0.6 is 0 Å². The molecule has 0 saturated carbocycles. The standard InChI is InChI=1S/C64H40O2/c1-3-11-45-35-47(27-21-39(45)9-1)41-17-23-43(24-18-41)61-52-14-5-6-15-53(52)62(44-25-19-42(20-26-44)48-28-22-40-10-2-4-12-46(40)36-48)58-38-49(29-31-54(58)61)50-30-34-60-57(37-50)56-33-32-55-51-13-7-8-16-59(51)65-63(55)64(56)66-60/h1-38,56,64H. The van der Waals surface area contributed by atoms with Gasteiger partial charge in [-0.2, -0.15) is 0 Å². The Bertz CT molecular complexity index is 3960. The van der Waals surface area contributed by atoms with Crippen molar-refractivity contribution in [1.29, 1.82) is 0 Å². The molecule has 2 nitrogen and oxygen atoms in total. The van der Waals surface area contributed by atoms with Crippen LogP contribution in [0, 0.1) is 0 Å². The van der Waals surface area contributed by atoms with Crippen LogP contribution in [0.4, 0.5) is 0 Å². The van der Waals surface area contributed by atoms with E-state index in [0.29, 0.717) is 0 Å². The molecule has 308 valence electrons. The van der Waals surface area contributed by atoms with Gasteiger partial charge in [-0.05, 0) is 135 Å². The SMILES string of the molecule is C1=CC2c3cc(-c4ccc5c(-c6ccc(-c7ccc8ccccc8c7)cc6)c6ccccc6c(-c6ccc(-c7ccc8ccccc8c7)cc6)c5c4)ccc3OC2c2oc3ccccc3c21. The summed E-state index contributed by atoms with van der Waals surface area (Å²) in [5, 5.41) is 11.0. The second kappa shape index (κ2) is 14.5. The number of hydrogen-bond acceptors (Lipinski definition) is 2. The molecule has 0 amide bonds. The average Bonchev–Trinajstić information content (AvgIpc) is 3.96. The molecule has 2 heteroatoms. The van der Waals surface area contributed by atoms with Gasteiger partial charge in [-0.15, -0.1) is 0 Å². The van der Waals surface area contributed by atoms with Crippen LogP contribution in [0.1, 0.15) is 28.9 Å². The Kier molecular flexibility index (Phi) is 8.14. The highest BCUT2D eigenvalue weighted by Crippen LogP contribution is 2.53. The third-order valence-corrected chi connectivity index (χ3v) is 14.2. The summed E-state index contributed by atoms with van der Waals surface area (Å²) < 4.78 is 13.1. The summed E-state index contributed by atoms with van der Waals surface area (Å²) in [6.45, 7) is 0. The molecular weight excluding hydrogens is 801 g/mol. The number of para-hydroxylation sites is 1. The fraction of sp³-hybridized carbons (Fsp3) is 0.0312. The van der Waals surface area contributed by atoms with Crippen LogP contribution in [0.15, 0.2) is 229 Å². The summed E-state index contributed by atoms with van der Waals surface area (Å²) >= 11 is 0. The van der Waals surface area contributed by atoms with Gasteiger partial charge in [-0.25, -0.2) is 0 Å². The smallest absolute Gasteiger partial charge is 0.167 e. The predicted octanol–water partition coefficient (Wildman–Crippen LogP) is 17.6. The Morgan fingerprint density at radius 1 is 0.333 bits per heavy atom. The van der Waals surface area contributed by atoms with E-state index in [2.05, 4.69) is 218 Å². The lowest BCUT2D eigenvalue weighted by Gasteiger charge is -2.19. The van der Waals surface area contributed by atoms with E-state index >= 15 is 0 Å². The fourth-order valence-electron chi connectivity index (χ4n) is 10.9. The highest BCUT2D eigenvalue weighted by molar-refractivity contribution is 6.22. The van der Waals surface area contributed by atoms with E-state index in [1.54, 1.807) is 0 Å². The van der Waals surface area contributed by atoms with Gasteiger partial charge in [0.05, 0.1) is 5.92 Å². The summed E-state index contributed by atoms with van der Waals surface area (Å²) in [5.74, 6) is 1.89. The van der Waals surface area contributed by atoms with Crippen LogP contribution in [0.5, 0.6) is 5.75 Å². The lowest BCUT2D eigenvalue weighted by Crippen LogP contribution is -2.11. The van der Waals surface area contributed by atoms with Crippen molar-refractivity contribution in [2.24, 2.45) is 0 Å². The summed E-state index contributed by atoms with van der Waals surface area (Å²) in [7, 11) is 0. The molecule has 2 atom stereocenters. The highest BCUT2D eigenvalue weighted by atomic mass is 16.5. The molecule has 2 heterocycles. The minimum Gasteiger partial charge on any atom is -0.481 e. The van der Waals surface area contributed by atoms with Crippen molar-refractivity contribution in [3.05, 3.63) is 241 Å². The van der Waals surface area contributed by atoms with Crippen molar-refractivity contribution >= 4 is 60.1 Å². The molecule has 0 fully saturated rings. The summed E-state index contributed by atoms with van der Waals surface area (Å²) in [6.07, 6.45) is 4.33. The quantitative estimate of drug-likeness (QED) is 0.161. The van der Waals surface area contributed by atoms with E-state index in [1.807, 2.05) is 12.1 Å². The van der Waals surface area contributed by atoms with Gasteiger partial charge in [0.2, 0.25) is 0 Å². The minimum absolute atomic E-state index is 0.0678. The van der Waals surface area contributed by atoms with Crippen molar-refractivity contribution in [1.82, 2.24) is 0 Å². The molecule has 2 unspecified atom stereocenters. The molecule has 0 N–H and O–H groups in total. The Labute approximate surface area is 382 Å². The molecule has 14 rings (SSSR count). The van der Waals surface area contributed by atoms with Gasteiger partial charge in [-0.1, -0.05) is 194 Å². The number of rotatable bonds is 5. The third-order valence-electron chi connectivity index (χ3n) is 14.2. The number of benzene rings is 11. The van der Waals surface area contributed by atoms with Crippen LogP contribution in [0.2, 0.25) is 0 Å². The van der Waals surface area contributed by atoms with E-state index < -0.39 is 0 Å². The van der Waals surface area contributed by atoms with E-state index in [-0.39, 0.29) is 12.0 Å². The zero-order valence-electron chi connectivity index (χ0n) is 35.9. The molecule has 11 aromatic carbocycles. The van der Waals surface area contributed by atoms with Crippen LogP contribution in [0.3, 0.4) is 0 Å². The van der Waals surface area contributed by atoms with Gasteiger partial charge in [0.1, 0.15) is 11.3 Å². The maximum absolute atomic E-state index is 6.69. The van der Waals surface area contributed by atoms with Crippen molar-refractivity contribution < 1.29 is 9.15 Å². The van der Waals surface area contributed by atoms with E-state index in [0.717, 1.165) is 33.6 Å². The van der Waals surface area contributed by atoms with Crippen LogP contribution in [0.25, 0.3) is 116 Å². The van der Waals surface area contributed by atoms with Gasteiger partial charge >= 0.3 is 0 Å². The Hall–Kier alpha value is -8.46. The second-order valence-corrected chi connectivity index (χ2v) is 17.9. The van der Waals surface area contributed by atoms with Gasteiger partial charge in [0.25, 0.3) is 0 Å². The van der Waals surface area contributed by atoms with Gasteiger partial charge in [0.15, 0.2) is 11.9 Å². The van der Waals surface area contributed by atoms with E-state index in [9.17, 15) is 0 Å². The normalized spacial score (nSPS) is 15.0. The maximum Gasteiger partial charge on any atom is 0.167 e. The molecular formula is C64H40O2. The van der Waals surface area contributed by atoms with Crippen LogP contribution in [-0.2, 0) is 0 Å². The lowest BCUT2D eigenvalue weighted by atomic mass is 9.83. The Morgan fingerprint density at radius 3 is 1.45 bits per heavy atom. The molecule has 12 aromatic rings. The first-order chi connectivity index (χ1) is 32.7. The molecule has 0 radical (unpaired) electrons. The number of furan rings is 1. The topological polar surface area (TPSA) is 22.4 Å².